The van der Waals surface area contributed by atoms with Crippen LogP contribution in [0.4, 0.5) is 10.1 Å². The van der Waals surface area contributed by atoms with Crippen molar-refractivity contribution < 1.29 is 19.1 Å². The van der Waals surface area contributed by atoms with E-state index in [-0.39, 0.29) is 22.0 Å². The van der Waals surface area contributed by atoms with E-state index in [0.29, 0.717) is 21.5 Å². The molecule has 5 rings (SSSR count). The molecular formula is C25H15Cl2FN2O3. The fraction of sp³-hybridized carbons (Fsp3) is 0.0400. The molecule has 0 saturated carbocycles. The van der Waals surface area contributed by atoms with E-state index >= 15 is 0 Å². The number of amides is 1. The number of aromatic nitrogens is 1. The Bertz CT molecular complexity index is 1460. The van der Waals surface area contributed by atoms with Crippen LogP contribution in [0.3, 0.4) is 0 Å². The Kier molecular flexibility index (Phi) is 5.19. The van der Waals surface area contributed by atoms with Crippen LogP contribution in [0.1, 0.15) is 17.2 Å². The average Bonchev–Trinajstić information content (AvgIpc) is 3.35. The molecule has 0 bridgehead atoms. The van der Waals surface area contributed by atoms with Gasteiger partial charge < -0.3 is 10.1 Å². The Morgan fingerprint density at radius 2 is 1.73 bits per heavy atom. The molecule has 0 aliphatic carbocycles. The van der Waals surface area contributed by atoms with Crippen molar-refractivity contribution in [3.8, 4) is 0 Å². The van der Waals surface area contributed by atoms with Crippen molar-refractivity contribution in [2.45, 2.75) is 6.04 Å². The molecule has 5 nitrogen and oxygen atoms in total. The first-order valence-electron chi connectivity index (χ1n) is 9.95. The summed E-state index contributed by atoms with van der Waals surface area (Å²) in [7, 11) is 0. The van der Waals surface area contributed by atoms with Crippen LogP contribution in [0.15, 0.2) is 78.5 Å². The van der Waals surface area contributed by atoms with Gasteiger partial charge in [0.15, 0.2) is 0 Å². The fourth-order valence-electron chi connectivity index (χ4n) is 4.11. The van der Waals surface area contributed by atoms with Crippen LogP contribution in [0.25, 0.3) is 16.7 Å². The number of rotatable bonds is 3. The highest BCUT2D eigenvalue weighted by atomic mass is 35.5. The van der Waals surface area contributed by atoms with E-state index in [9.17, 15) is 19.1 Å². The molecule has 2 N–H and O–H groups in total. The van der Waals surface area contributed by atoms with Gasteiger partial charge in [-0.1, -0.05) is 53.5 Å². The average molecular weight is 481 g/mol. The molecular weight excluding hydrogens is 466 g/mol. The number of benzene rings is 3. The number of aliphatic hydroxyl groups excluding tert-OH is 1. The summed E-state index contributed by atoms with van der Waals surface area (Å²) >= 11 is 12.0. The zero-order chi connectivity index (χ0) is 23.3. The van der Waals surface area contributed by atoms with E-state index in [0.717, 1.165) is 11.6 Å². The van der Waals surface area contributed by atoms with Gasteiger partial charge >= 0.3 is 0 Å². The number of fused-ring (bicyclic) bond motifs is 1. The van der Waals surface area contributed by atoms with Gasteiger partial charge in [0.2, 0.25) is 0 Å². The monoisotopic (exact) mass is 480 g/mol. The van der Waals surface area contributed by atoms with Gasteiger partial charge in [0.25, 0.3) is 11.7 Å². The smallest absolute Gasteiger partial charge is 0.300 e. The third-order valence-corrected chi connectivity index (χ3v) is 6.20. The van der Waals surface area contributed by atoms with Gasteiger partial charge in [-0.15, -0.1) is 0 Å². The minimum atomic E-state index is -0.975. The van der Waals surface area contributed by atoms with E-state index in [2.05, 4.69) is 4.98 Å². The molecule has 1 amide bonds. The lowest BCUT2D eigenvalue weighted by Gasteiger charge is -2.25. The molecule has 164 valence electrons. The highest BCUT2D eigenvalue weighted by molar-refractivity contribution is 6.52. The third-order valence-electron chi connectivity index (χ3n) is 5.66. The number of aliphatic hydroxyl groups is 1. The highest BCUT2D eigenvalue weighted by Gasteiger charge is 2.47. The summed E-state index contributed by atoms with van der Waals surface area (Å²) in [6, 6.07) is 16.6. The molecule has 1 aliphatic rings. The quantitative estimate of drug-likeness (QED) is 0.207. The lowest BCUT2D eigenvalue weighted by atomic mass is 9.95. The number of nitrogens with one attached hydrogen (secondary N) is 1. The van der Waals surface area contributed by atoms with Crippen molar-refractivity contribution in [2.24, 2.45) is 0 Å². The third kappa shape index (κ3) is 3.48. The minimum Gasteiger partial charge on any atom is -0.507 e. The number of H-pyrrole nitrogens is 1. The molecule has 0 radical (unpaired) electrons. The van der Waals surface area contributed by atoms with Gasteiger partial charge in [-0.25, -0.2) is 4.39 Å². The SMILES string of the molecule is O=C1C(=O)N(c2ccc(F)c(Cl)c2)C(c2ccc(Cl)cc2)/C1=C(/O)c1c[nH]c2ccccc12. The number of aromatic amines is 1. The van der Waals surface area contributed by atoms with Crippen LogP contribution >= 0.6 is 23.2 Å². The van der Waals surface area contributed by atoms with Gasteiger partial charge in [0, 0.05) is 33.4 Å². The molecule has 2 heterocycles. The van der Waals surface area contributed by atoms with Crippen LogP contribution in [-0.4, -0.2) is 21.8 Å². The largest absolute Gasteiger partial charge is 0.507 e. The maximum absolute atomic E-state index is 13.8. The molecule has 1 aliphatic heterocycles. The van der Waals surface area contributed by atoms with Crippen LogP contribution in [0.2, 0.25) is 10.0 Å². The Labute approximate surface area is 197 Å². The van der Waals surface area contributed by atoms with Gasteiger partial charge in [-0.3, -0.25) is 14.5 Å². The molecule has 8 heteroatoms. The van der Waals surface area contributed by atoms with Crippen LogP contribution in [0.5, 0.6) is 0 Å². The Morgan fingerprint density at radius 1 is 1.00 bits per heavy atom. The van der Waals surface area contributed by atoms with Crippen LogP contribution in [0, 0.1) is 5.82 Å². The molecule has 33 heavy (non-hydrogen) atoms. The highest BCUT2D eigenvalue weighted by Crippen LogP contribution is 2.43. The van der Waals surface area contributed by atoms with E-state index in [4.69, 9.17) is 23.2 Å². The molecule has 3 aromatic carbocycles. The zero-order valence-electron chi connectivity index (χ0n) is 16.9. The van der Waals surface area contributed by atoms with Crippen LogP contribution < -0.4 is 4.90 Å². The maximum atomic E-state index is 13.8. The number of hydrogen-bond acceptors (Lipinski definition) is 3. The van der Waals surface area contributed by atoms with Gasteiger partial charge in [0.1, 0.15) is 11.6 Å². The molecule has 4 aromatic rings. The molecule has 1 saturated heterocycles. The standard InChI is InChI=1S/C25H15Cl2FN2O3/c26-14-7-5-13(6-8-14)22-21(23(31)17-12-29-20-4-2-1-3-16(17)20)24(32)25(33)30(22)15-9-10-19(28)18(27)11-15/h1-12,22,29,31H/b23-21-. The Balaban J connectivity index is 1.76. The summed E-state index contributed by atoms with van der Waals surface area (Å²) in [5.74, 6) is -2.70. The topological polar surface area (TPSA) is 73.4 Å². The zero-order valence-corrected chi connectivity index (χ0v) is 18.4. The normalized spacial score (nSPS) is 17.8. The van der Waals surface area contributed by atoms with E-state index < -0.39 is 23.5 Å². The van der Waals surface area contributed by atoms with Crippen molar-refractivity contribution in [2.75, 3.05) is 4.90 Å². The predicted molar refractivity (Wildman–Crippen MR) is 126 cm³/mol. The van der Waals surface area contributed by atoms with Crippen molar-refractivity contribution in [3.05, 3.63) is 105 Å². The number of anilines is 1. The number of para-hydroxylation sites is 1. The summed E-state index contributed by atoms with van der Waals surface area (Å²) in [4.78, 5) is 30.6. The second-order valence-corrected chi connectivity index (χ2v) is 8.41. The van der Waals surface area contributed by atoms with Crippen molar-refractivity contribution in [1.29, 1.82) is 0 Å². The number of halogens is 3. The van der Waals surface area contributed by atoms with Crippen molar-refractivity contribution in [3.63, 3.8) is 0 Å². The van der Waals surface area contributed by atoms with E-state index in [1.807, 2.05) is 18.2 Å². The lowest BCUT2D eigenvalue weighted by molar-refractivity contribution is -0.132. The fourth-order valence-corrected chi connectivity index (χ4v) is 4.41. The predicted octanol–water partition coefficient (Wildman–Crippen LogP) is 6.24. The Hall–Kier alpha value is -3.61. The van der Waals surface area contributed by atoms with Gasteiger partial charge in [-0.05, 0) is 42.0 Å². The maximum Gasteiger partial charge on any atom is 0.300 e. The van der Waals surface area contributed by atoms with E-state index in [1.54, 1.807) is 36.5 Å². The summed E-state index contributed by atoms with van der Waals surface area (Å²) in [5, 5.41) is 12.3. The van der Waals surface area contributed by atoms with Crippen molar-refractivity contribution in [1.82, 2.24) is 4.98 Å². The first kappa shape index (κ1) is 21.2. The number of Topliss-reactive ketones (excluding diaryl/α,β-unsaturated/α-hetero) is 1. The second-order valence-electron chi connectivity index (χ2n) is 7.57. The second kappa shape index (κ2) is 8.06. The molecule has 0 spiro atoms. The molecule has 1 fully saturated rings. The number of carbonyl (C=O) groups is 2. The van der Waals surface area contributed by atoms with Crippen molar-refractivity contribution >= 4 is 57.2 Å². The molecule has 1 aromatic heterocycles. The number of hydrogen-bond donors (Lipinski definition) is 2. The first-order chi connectivity index (χ1) is 15.9. The Morgan fingerprint density at radius 3 is 2.45 bits per heavy atom. The van der Waals surface area contributed by atoms with E-state index in [1.165, 1.54) is 17.0 Å². The van der Waals surface area contributed by atoms with Gasteiger partial charge in [0.05, 0.1) is 16.6 Å². The molecule has 1 unspecified atom stereocenters. The summed E-state index contributed by atoms with van der Waals surface area (Å²) < 4.78 is 13.8. The number of nitrogens with zero attached hydrogens (tertiary/aromatic N) is 1. The summed E-state index contributed by atoms with van der Waals surface area (Å²) in [5.41, 5.74) is 1.83. The molecule has 1 atom stereocenters. The lowest BCUT2D eigenvalue weighted by Crippen LogP contribution is -2.29. The minimum absolute atomic E-state index is 0.0903. The summed E-state index contributed by atoms with van der Waals surface area (Å²) in [6.07, 6.45) is 1.58. The first-order valence-corrected chi connectivity index (χ1v) is 10.7. The van der Waals surface area contributed by atoms with Gasteiger partial charge in [-0.2, -0.15) is 0 Å². The van der Waals surface area contributed by atoms with Crippen LogP contribution in [-0.2, 0) is 9.59 Å². The summed E-state index contributed by atoms with van der Waals surface area (Å²) in [6.45, 7) is 0. The number of ketones is 1. The number of carbonyl (C=O) groups excluding carboxylic acids is 2.